The lowest BCUT2D eigenvalue weighted by atomic mass is 10.2. The molecule has 0 aliphatic heterocycles. The van der Waals surface area contributed by atoms with Gasteiger partial charge >= 0.3 is 0 Å². The fraction of sp³-hybridized carbons (Fsp3) is 0.130. The van der Waals surface area contributed by atoms with E-state index in [0.29, 0.717) is 10.5 Å². The number of nitrogens with zero attached hydrogens (tertiary/aromatic N) is 3. The van der Waals surface area contributed by atoms with E-state index in [-0.39, 0.29) is 5.56 Å². The van der Waals surface area contributed by atoms with Crippen LogP contribution in [0, 0.1) is 0 Å². The van der Waals surface area contributed by atoms with E-state index in [9.17, 15) is 4.79 Å². The van der Waals surface area contributed by atoms with Gasteiger partial charge in [-0.25, -0.2) is 4.98 Å². The largest absolute Gasteiger partial charge is 0.378 e. The smallest absolute Gasteiger partial charge is 0.266 e. The van der Waals surface area contributed by atoms with Gasteiger partial charge in [0.25, 0.3) is 5.56 Å². The molecule has 0 aliphatic rings. The van der Waals surface area contributed by atoms with Crippen molar-refractivity contribution in [2.24, 2.45) is 0 Å². The van der Waals surface area contributed by atoms with Crippen LogP contribution in [0.1, 0.15) is 5.56 Å². The van der Waals surface area contributed by atoms with Gasteiger partial charge in [-0.3, -0.25) is 9.36 Å². The zero-order chi connectivity index (χ0) is 19.5. The summed E-state index contributed by atoms with van der Waals surface area (Å²) >= 11 is 1.58. The number of para-hydroxylation sites is 1. The summed E-state index contributed by atoms with van der Waals surface area (Å²) in [4.78, 5) is 20.1. The Morgan fingerprint density at radius 2 is 1.57 bits per heavy atom. The van der Waals surface area contributed by atoms with Gasteiger partial charge < -0.3 is 4.90 Å². The molecule has 4 aromatic rings. The summed E-state index contributed by atoms with van der Waals surface area (Å²) in [6, 6.07) is 25.7. The van der Waals surface area contributed by atoms with Crippen molar-refractivity contribution in [3.05, 3.63) is 94.8 Å². The maximum absolute atomic E-state index is 13.3. The molecule has 0 saturated carbocycles. The number of benzene rings is 3. The van der Waals surface area contributed by atoms with Crippen LogP contribution in [-0.2, 0) is 5.75 Å². The van der Waals surface area contributed by atoms with E-state index >= 15 is 0 Å². The van der Waals surface area contributed by atoms with E-state index in [1.807, 2.05) is 85.7 Å². The predicted octanol–water partition coefficient (Wildman–Crippen LogP) is 4.74. The van der Waals surface area contributed by atoms with Crippen LogP contribution in [0.3, 0.4) is 0 Å². The summed E-state index contributed by atoms with van der Waals surface area (Å²) in [5.74, 6) is 0.751. The van der Waals surface area contributed by atoms with Crippen molar-refractivity contribution in [1.29, 1.82) is 0 Å². The first-order valence-electron chi connectivity index (χ1n) is 9.10. The second-order valence-corrected chi connectivity index (χ2v) is 7.68. The van der Waals surface area contributed by atoms with Gasteiger partial charge in [-0.2, -0.15) is 0 Å². The minimum atomic E-state index is -0.0428. The van der Waals surface area contributed by atoms with Gasteiger partial charge in [0.2, 0.25) is 0 Å². The van der Waals surface area contributed by atoms with Gasteiger partial charge in [-0.15, -0.1) is 0 Å². The van der Waals surface area contributed by atoms with Crippen molar-refractivity contribution in [3.63, 3.8) is 0 Å². The molecule has 28 heavy (non-hydrogen) atoms. The number of rotatable bonds is 5. The summed E-state index contributed by atoms with van der Waals surface area (Å²) in [7, 11) is 4.00. The average molecular weight is 388 g/mol. The van der Waals surface area contributed by atoms with E-state index in [2.05, 4.69) is 12.1 Å². The zero-order valence-corrected chi connectivity index (χ0v) is 16.7. The standard InChI is InChI=1S/C23H21N3OS/c1-25(2)18-12-14-19(15-13-18)26-22(27)20-10-6-7-11-21(20)24-23(26)28-16-17-8-4-3-5-9-17/h3-15H,16H2,1-2H3. The van der Waals surface area contributed by atoms with Gasteiger partial charge in [0.15, 0.2) is 5.16 Å². The van der Waals surface area contributed by atoms with Gasteiger partial charge in [-0.1, -0.05) is 54.2 Å². The lowest BCUT2D eigenvalue weighted by Crippen LogP contribution is -2.22. The SMILES string of the molecule is CN(C)c1ccc(-n2c(SCc3ccccc3)nc3ccccc3c2=O)cc1. The quantitative estimate of drug-likeness (QED) is 0.366. The van der Waals surface area contributed by atoms with Crippen molar-refractivity contribution in [2.45, 2.75) is 10.9 Å². The van der Waals surface area contributed by atoms with Crippen molar-refractivity contribution in [3.8, 4) is 5.69 Å². The van der Waals surface area contributed by atoms with E-state index in [1.54, 1.807) is 16.3 Å². The van der Waals surface area contributed by atoms with Crippen LogP contribution in [0.2, 0.25) is 0 Å². The summed E-state index contributed by atoms with van der Waals surface area (Å²) < 4.78 is 1.72. The summed E-state index contributed by atoms with van der Waals surface area (Å²) in [6.07, 6.45) is 0. The molecule has 1 aromatic heterocycles. The lowest BCUT2D eigenvalue weighted by Gasteiger charge is -2.16. The molecule has 0 fully saturated rings. The van der Waals surface area contributed by atoms with Crippen molar-refractivity contribution in [2.75, 3.05) is 19.0 Å². The van der Waals surface area contributed by atoms with Crippen LogP contribution in [-0.4, -0.2) is 23.6 Å². The van der Waals surface area contributed by atoms with Gasteiger partial charge in [-0.05, 0) is 42.0 Å². The molecule has 1 heterocycles. The van der Waals surface area contributed by atoms with Crippen LogP contribution in [0.4, 0.5) is 5.69 Å². The molecule has 3 aromatic carbocycles. The predicted molar refractivity (Wildman–Crippen MR) is 118 cm³/mol. The third kappa shape index (κ3) is 3.66. The molecule has 140 valence electrons. The molecule has 0 unspecified atom stereocenters. The van der Waals surface area contributed by atoms with Crippen LogP contribution < -0.4 is 10.5 Å². The molecule has 0 bridgehead atoms. The maximum Gasteiger partial charge on any atom is 0.266 e. The monoisotopic (exact) mass is 387 g/mol. The van der Waals surface area contributed by atoms with Crippen LogP contribution in [0.15, 0.2) is 88.8 Å². The van der Waals surface area contributed by atoms with Crippen molar-refractivity contribution >= 4 is 28.4 Å². The Labute approximate surface area is 168 Å². The molecular weight excluding hydrogens is 366 g/mol. The maximum atomic E-state index is 13.3. The Morgan fingerprint density at radius 3 is 2.29 bits per heavy atom. The van der Waals surface area contributed by atoms with E-state index in [4.69, 9.17) is 4.98 Å². The Morgan fingerprint density at radius 1 is 0.893 bits per heavy atom. The molecule has 0 atom stereocenters. The van der Waals surface area contributed by atoms with E-state index in [1.165, 1.54) is 5.56 Å². The summed E-state index contributed by atoms with van der Waals surface area (Å²) in [6.45, 7) is 0. The van der Waals surface area contributed by atoms with Crippen LogP contribution >= 0.6 is 11.8 Å². The highest BCUT2D eigenvalue weighted by Crippen LogP contribution is 2.25. The van der Waals surface area contributed by atoms with Crippen LogP contribution in [0.5, 0.6) is 0 Å². The van der Waals surface area contributed by atoms with Gasteiger partial charge in [0.1, 0.15) is 0 Å². The highest BCUT2D eigenvalue weighted by atomic mass is 32.2. The first kappa shape index (κ1) is 18.3. The Kier molecular flexibility index (Phi) is 5.17. The third-order valence-corrected chi connectivity index (χ3v) is 5.59. The average Bonchev–Trinajstić information content (AvgIpc) is 2.73. The van der Waals surface area contributed by atoms with Crippen LogP contribution in [0.25, 0.3) is 16.6 Å². The number of hydrogen-bond donors (Lipinski definition) is 0. The normalized spacial score (nSPS) is 10.9. The fourth-order valence-electron chi connectivity index (χ4n) is 3.06. The number of fused-ring (bicyclic) bond motifs is 1. The topological polar surface area (TPSA) is 38.1 Å². The van der Waals surface area contributed by atoms with Crippen molar-refractivity contribution in [1.82, 2.24) is 9.55 Å². The molecule has 0 radical (unpaired) electrons. The molecule has 0 spiro atoms. The van der Waals surface area contributed by atoms with Gasteiger partial charge in [0.05, 0.1) is 16.6 Å². The first-order valence-corrected chi connectivity index (χ1v) is 10.1. The molecule has 0 saturated heterocycles. The lowest BCUT2D eigenvalue weighted by molar-refractivity contribution is 0.819. The molecule has 0 aliphatic carbocycles. The van der Waals surface area contributed by atoms with Gasteiger partial charge in [0, 0.05) is 25.5 Å². The molecule has 0 N–H and O–H groups in total. The zero-order valence-electron chi connectivity index (χ0n) is 15.9. The molecular formula is C23H21N3OS. The second kappa shape index (κ2) is 7.90. The van der Waals surface area contributed by atoms with E-state index < -0.39 is 0 Å². The number of anilines is 1. The first-order chi connectivity index (χ1) is 13.6. The Bertz CT molecular complexity index is 1150. The molecule has 4 nitrogen and oxygen atoms in total. The summed E-state index contributed by atoms with van der Waals surface area (Å²) in [5, 5.41) is 1.33. The fourth-order valence-corrected chi connectivity index (χ4v) is 4.03. The minimum Gasteiger partial charge on any atom is -0.378 e. The third-order valence-electron chi connectivity index (χ3n) is 4.58. The highest BCUT2D eigenvalue weighted by Gasteiger charge is 2.13. The minimum absolute atomic E-state index is 0.0428. The number of thioether (sulfide) groups is 1. The van der Waals surface area contributed by atoms with E-state index in [0.717, 1.165) is 22.6 Å². The summed E-state index contributed by atoms with van der Waals surface area (Å²) in [5.41, 5.74) is 3.79. The molecule has 4 rings (SSSR count). The molecule has 0 amide bonds. The number of hydrogen-bond acceptors (Lipinski definition) is 4. The second-order valence-electron chi connectivity index (χ2n) is 6.74. The Hall–Kier alpha value is -3.05. The highest BCUT2D eigenvalue weighted by molar-refractivity contribution is 7.98. The Balaban J connectivity index is 1.82. The van der Waals surface area contributed by atoms with Crippen molar-refractivity contribution < 1.29 is 0 Å². The molecule has 5 heteroatoms. The number of aromatic nitrogens is 2.